The lowest BCUT2D eigenvalue weighted by Gasteiger charge is -2.29. The van der Waals surface area contributed by atoms with Crippen LogP contribution < -0.4 is 10.6 Å². The van der Waals surface area contributed by atoms with Gasteiger partial charge in [0, 0.05) is 37.0 Å². The second-order valence-electron chi connectivity index (χ2n) is 7.29. The van der Waals surface area contributed by atoms with Crippen LogP contribution in [0, 0.1) is 13.8 Å². The van der Waals surface area contributed by atoms with E-state index >= 15 is 0 Å². The highest BCUT2D eigenvalue weighted by molar-refractivity contribution is 6.15. The van der Waals surface area contributed by atoms with E-state index in [1.165, 1.54) is 20.0 Å². The minimum absolute atomic E-state index is 0.235. The van der Waals surface area contributed by atoms with E-state index < -0.39 is 17.7 Å². The van der Waals surface area contributed by atoms with E-state index in [2.05, 4.69) is 10.6 Å². The number of ether oxygens (including phenoxy) is 2. The fraction of sp³-hybridized carbons (Fsp3) is 0.227. The Morgan fingerprint density at radius 1 is 0.897 bits per heavy atom. The molecule has 0 spiro atoms. The summed E-state index contributed by atoms with van der Waals surface area (Å²) in [7, 11) is 0. The van der Waals surface area contributed by atoms with Crippen molar-refractivity contribution in [3.05, 3.63) is 70.9 Å². The molecule has 1 amide bonds. The molecular formula is C22H22N2O5. The number of cyclic esters (lactones) is 2. The minimum atomic E-state index is -1.28. The zero-order valence-electron chi connectivity index (χ0n) is 16.7. The number of anilines is 2. The second-order valence-corrected chi connectivity index (χ2v) is 7.29. The number of hydrogen-bond acceptors (Lipinski definition) is 6. The van der Waals surface area contributed by atoms with Crippen LogP contribution in [0.25, 0.3) is 0 Å². The van der Waals surface area contributed by atoms with Gasteiger partial charge in [0.2, 0.25) is 0 Å². The van der Waals surface area contributed by atoms with Crippen LogP contribution in [-0.4, -0.2) is 23.6 Å². The third kappa shape index (κ3) is 5.01. The number of aryl methyl sites for hydroxylation is 2. The summed E-state index contributed by atoms with van der Waals surface area (Å²) in [6.07, 6.45) is 1.23. The molecule has 7 heteroatoms. The lowest BCUT2D eigenvalue weighted by molar-refractivity contribution is -0.222. The Morgan fingerprint density at radius 3 is 2.00 bits per heavy atom. The Bertz CT molecular complexity index is 964. The molecule has 0 aliphatic carbocycles. The number of hydrogen-bond donors (Lipinski definition) is 2. The molecule has 29 heavy (non-hydrogen) atoms. The highest BCUT2D eigenvalue weighted by Crippen LogP contribution is 2.23. The van der Waals surface area contributed by atoms with E-state index in [4.69, 9.17) is 9.47 Å². The fourth-order valence-electron chi connectivity index (χ4n) is 2.90. The number of nitrogens with one attached hydrogen (secondary N) is 2. The van der Waals surface area contributed by atoms with Gasteiger partial charge in [-0.25, -0.2) is 9.59 Å². The molecule has 7 nitrogen and oxygen atoms in total. The quantitative estimate of drug-likeness (QED) is 0.467. The third-order valence-corrected chi connectivity index (χ3v) is 4.13. The molecular weight excluding hydrogens is 372 g/mol. The van der Waals surface area contributed by atoms with Crippen LogP contribution in [0.15, 0.2) is 54.2 Å². The highest BCUT2D eigenvalue weighted by atomic mass is 16.7. The van der Waals surface area contributed by atoms with Gasteiger partial charge in [0.05, 0.1) is 0 Å². The van der Waals surface area contributed by atoms with Crippen molar-refractivity contribution in [1.29, 1.82) is 0 Å². The van der Waals surface area contributed by atoms with Crippen LogP contribution >= 0.6 is 0 Å². The van der Waals surface area contributed by atoms with E-state index in [9.17, 15) is 14.4 Å². The van der Waals surface area contributed by atoms with E-state index in [0.29, 0.717) is 11.3 Å². The molecule has 1 fully saturated rings. The summed E-state index contributed by atoms with van der Waals surface area (Å²) in [5.41, 5.74) is 3.69. The first-order valence-electron chi connectivity index (χ1n) is 9.06. The van der Waals surface area contributed by atoms with Crippen LogP contribution in [0.3, 0.4) is 0 Å². The van der Waals surface area contributed by atoms with Crippen molar-refractivity contribution in [1.82, 2.24) is 0 Å². The molecule has 2 N–H and O–H groups in total. The predicted molar refractivity (Wildman–Crippen MR) is 108 cm³/mol. The van der Waals surface area contributed by atoms with Crippen LogP contribution in [0.5, 0.6) is 0 Å². The molecule has 1 heterocycles. The molecule has 1 aliphatic rings. The van der Waals surface area contributed by atoms with Gasteiger partial charge in [0.15, 0.2) is 5.57 Å². The van der Waals surface area contributed by atoms with Gasteiger partial charge < -0.3 is 20.1 Å². The van der Waals surface area contributed by atoms with Crippen molar-refractivity contribution in [3.8, 4) is 0 Å². The smallest absolute Gasteiger partial charge is 0.350 e. The number of benzene rings is 2. The van der Waals surface area contributed by atoms with E-state index in [-0.39, 0.29) is 11.5 Å². The first-order valence-corrected chi connectivity index (χ1v) is 9.06. The second kappa shape index (κ2) is 7.79. The minimum Gasteiger partial charge on any atom is -0.419 e. The van der Waals surface area contributed by atoms with E-state index in [1.54, 1.807) is 24.3 Å². The number of carbonyl (C=O) groups is 3. The molecule has 1 saturated heterocycles. The van der Waals surface area contributed by atoms with Gasteiger partial charge in [-0.15, -0.1) is 0 Å². The van der Waals surface area contributed by atoms with Crippen molar-refractivity contribution < 1.29 is 23.9 Å². The molecule has 0 atom stereocenters. The van der Waals surface area contributed by atoms with Crippen molar-refractivity contribution in [2.75, 3.05) is 10.6 Å². The Labute approximate surface area is 168 Å². The van der Waals surface area contributed by atoms with Gasteiger partial charge >= 0.3 is 11.9 Å². The first kappa shape index (κ1) is 20.1. The Morgan fingerprint density at radius 2 is 1.45 bits per heavy atom. The van der Waals surface area contributed by atoms with E-state index in [1.807, 2.05) is 32.0 Å². The average molecular weight is 394 g/mol. The molecule has 1 aliphatic heterocycles. The van der Waals surface area contributed by atoms with Crippen molar-refractivity contribution in [2.24, 2.45) is 0 Å². The van der Waals surface area contributed by atoms with Crippen molar-refractivity contribution in [2.45, 2.75) is 33.5 Å². The predicted octanol–water partition coefficient (Wildman–Crippen LogP) is 3.69. The monoisotopic (exact) mass is 394 g/mol. The maximum atomic E-state index is 12.4. The maximum absolute atomic E-state index is 12.4. The van der Waals surface area contributed by atoms with Crippen molar-refractivity contribution in [3.63, 3.8) is 0 Å². The summed E-state index contributed by atoms with van der Waals surface area (Å²) < 4.78 is 10.1. The van der Waals surface area contributed by atoms with Crippen LogP contribution in [0.1, 0.15) is 35.3 Å². The number of carbonyl (C=O) groups excluding carboxylic acids is 3. The molecule has 0 aromatic heterocycles. The summed E-state index contributed by atoms with van der Waals surface area (Å²) in [6, 6.07) is 12.4. The summed E-state index contributed by atoms with van der Waals surface area (Å²) in [5, 5.41) is 5.71. The molecule has 3 rings (SSSR count). The lowest BCUT2D eigenvalue weighted by atomic mass is 10.1. The Kier molecular flexibility index (Phi) is 5.41. The average Bonchev–Trinajstić information content (AvgIpc) is 2.59. The zero-order valence-corrected chi connectivity index (χ0v) is 16.7. The SMILES string of the molecule is Cc1cc(C)cc(NC(=O)c2ccc(NC=C3C(=O)OC(C)(C)OC3=O)cc2)c1. The van der Waals surface area contributed by atoms with Crippen LogP contribution in [-0.2, 0) is 19.1 Å². The van der Waals surface area contributed by atoms with Crippen LogP contribution in [0.2, 0.25) is 0 Å². The van der Waals surface area contributed by atoms with Gasteiger partial charge in [-0.3, -0.25) is 4.79 Å². The first-order chi connectivity index (χ1) is 13.6. The molecule has 0 saturated carbocycles. The topological polar surface area (TPSA) is 93.7 Å². The number of amides is 1. The summed E-state index contributed by atoms with van der Waals surface area (Å²) in [5.74, 6) is -3.04. The molecule has 2 aromatic rings. The third-order valence-electron chi connectivity index (χ3n) is 4.13. The molecule has 0 radical (unpaired) electrons. The normalized spacial score (nSPS) is 15.2. The molecule has 150 valence electrons. The van der Waals surface area contributed by atoms with Crippen LogP contribution in [0.4, 0.5) is 11.4 Å². The maximum Gasteiger partial charge on any atom is 0.350 e. The van der Waals surface area contributed by atoms with Crippen molar-refractivity contribution >= 4 is 29.2 Å². The van der Waals surface area contributed by atoms with Gasteiger partial charge in [0.1, 0.15) is 0 Å². The molecule has 0 bridgehead atoms. The fourth-order valence-corrected chi connectivity index (χ4v) is 2.90. The Hall–Kier alpha value is -3.61. The van der Waals surface area contributed by atoms with Gasteiger partial charge in [-0.2, -0.15) is 0 Å². The zero-order chi connectivity index (χ0) is 21.2. The largest absolute Gasteiger partial charge is 0.419 e. The lowest BCUT2D eigenvalue weighted by Crippen LogP contribution is -2.42. The summed E-state index contributed by atoms with van der Waals surface area (Å²) in [6.45, 7) is 6.90. The highest BCUT2D eigenvalue weighted by Gasteiger charge is 2.38. The summed E-state index contributed by atoms with van der Waals surface area (Å²) >= 11 is 0. The van der Waals surface area contributed by atoms with Gasteiger partial charge in [0.25, 0.3) is 11.7 Å². The van der Waals surface area contributed by atoms with E-state index in [0.717, 1.165) is 16.8 Å². The van der Waals surface area contributed by atoms with Gasteiger partial charge in [-0.05, 0) is 61.4 Å². The summed E-state index contributed by atoms with van der Waals surface area (Å²) in [4.78, 5) is 36.3. The standard InChI is InChI=1S/C22H22N2O5/c1-13-9-14(2)11-17(10-13)24-19(25)15-5-7-16(8-6-15)23-12-18-20(26)28-22(3,4)29-21(18)27/h5-12,23H,1-4H3,(H,24,25). The molecule has 2 aromatic carbocycles. The number of rotatable bonds is 4. The molecule has 0 unspecified atom stereocenters. The van der Waals surface area contributed by atoms with Gasteiger partial charge in [-0.1, -0.05) is 6.07 Å². The Balaban J connectivity index is 1.66. The number of esters is 2.